The van der Waals surface area contributed by atoms with E-state index in [-0.39, 0.29) is 18.8 Å². The fourth-order valence-corrected chi connectivity index (χ4v) is 3.94. The van der Waals surface area contributed by atoms with Crippen molar-refractivity contribution in [2.75, 3.05) is 6.54 Å². The number of rotatable bonds is 6. The van der Waals surface area contributed by atoms with Gasteiger partial charge in [0.1, 0.15) is 11.3 Å². The number of nitrogens with zero attached hydrogens (tertiary/aromatic N) is 4. The van der Waals surface area contributed by atoms with Crippen molar-refractivity contribution < 1.29 is 8.78 Å². The maximum Gasteiger partial charge on any atom is 0.248 e. The third kappa shape index (κ3) is 3.38. The smallest absolute Gasteiger partial charge is 0.248 e. The van der Waals surface area contributed by atoms with Crippen LogP contribution in [0.1, 0.15) is 24.1 Å². The van der Waals surface area contributed by atoms with Crippen LogP contribution >= 0.6 is 0 Å². The third-order valence-electron chi connectivity index (χ3n) is 5.35. The maximum absolute atomic E-state index is 12.9. The van der Waals surface area contributed by atoms with Gasteiger partial charge in [0.25, 0.3) is 0 Å². The lowest BCUT2D eigenvalue weighted by Gasteiger charge is -2.35. The molecule has 0 bridgehead atoms. The van der Waals surface area contributed by atoms with Gasteiger partial charge in [0, 0.05) is 49.6 Å². The van der Waals surface area contributed by atoms with Crippen LogP contribution in [-0.2, 0) is 13.1 Å². The lowest BCUT2D eigenvalue weighted by atomic mass is 9.81. The van der Waals surface area contributed by atoms with Gasteiger partial charge in [-0.1, -0.05) is 6.07 Å². The van der Waals surface area contributed by atoms with Gasteiger partial charge in [-0.3, -0.25) is 0 Å². The number of alkyl halides is 2. The molecule has 4 aromatic heterocycles. The second kappa shape index (κ2) is 6.67. The van der Waals surface area contributed by atoms with Crippen molar-refractivity contribution in [3.8, 4) is 0 Å². The normalized spacial score (nSPS) is 16.6. The Hall–Kier alpha value is -2.80. The zero-order chi connectivity index (χ0) is 19.1. The van der Waals surface area contributed by atoms with Crippen molar-refractivity contribution in [2.45, 2.75) is 31.9 Å². The molecule has 1 N–H and O–H groups in total. The number of hydrogen-bond acceptors (Lipinski definition) is 3. The molecule has 144 valence electrons. The van der Waals surface area contributed by atoms with E-state index in [0.29, 0.717) is 19.6 Å². The predicted molar refractivity (Wildman–Crippen MR) is 103 cm³/mol. The fraction of sp³-hybridized carbons (Fsp3) is 0.333. The molecule has 4 heterocycles. The molecule has 1 fully saturated rings. The molecule has 28 heavy (non-hydrogen) atoms. The van der Waals surface area contributed by atoms with Gasteiger partial charge in [-0.2, -0.15) is 0 Å². The Kier molecular flexibility index (Phi) is 4.12. The van der Waals surface area contributed by atoms with Gasteiger partial charge in [-0.05, 0) is 42.3 Å². The zero-order valence-corrected chi connectivity index (χ0v) is 15.4. The molecule has 0 aliphatic heterocycles. The van der Waals surface area contributed by atoms with Gasteiger partial charge < -0.3 is 14.3 Å². The number of imidazole rings is 1. The van der Waals surface area contributed by atoms with Crippen LogP contribution in [-0.4, -0.2) is 31.4 Å². The SMILES string of the molecule is FC1(F)CC(CNCc2ccc3nc(Cn4ccc5cccnc54)cn3c2)C1. The summed E-state index contributed by atoms with van der Waals surface area (Å²) in [7, 11) is 0. The molecule has 0 unspecified atom stereocenters. The summed E-state index contributed by atoms with van der Waals surface area (Å²) in [6.45, 7) is 1.96. The van der Waals surface area contributed by atoms with E-state index in [9.17, 15) is 8.78 Å². The summed E-state index contributed by atoms with van der Waals surface area (Å²) < 4.78 is 29.9. The Labute approximate surface area is 161 Å². The summed E-state index contributed by atoms with van der Waals surface area (Å²) in [5.74, 6) is -2.36. The Morgan fingerprint density at radius 1 is 1.14 bits per heavy atom. The topological polar surface area (TPSA) is 47.2 Å². The van der Waals surface area contributed by atoms with E-state index in [0.717, 1.165) is 27.9 Å². The van der Waals surface area contributed by atoms with E-state index < -0.39 is 5.92 Å². The highest BCUT2D eigenvalue weighted by Crippen LogP contribution is 2.41. The van der Waals surface area contributed by atoms with Gasteiger partial charge in [0.05, 0.1) is 12.2 Å². The second-order valence-electron chi connectivity index (χ2n) is 7.66. The molecule has 0 radical (unpaired) electrons. The van der Waals surface area contributed by atoms with Crippen molar-refractivity contribution in [3.05, 3.63) is 66.4 Å². The van der Waals surface area contributed by atoms with Crippen molar-refractivity contribution in [1.82, 2.24) is 24.3 Å². The quantitative estimate of drug-likeness (QED) is 0.552. The van der Waals surface area contributed by atoms with Crippen molar-refractivity contribution in [3.63, 3.8) is 0 Å². The second-order valence-corrected chi connectivity index (χ2v) is 7.66. The molecule has 0 atom stereocenters. The monoisotopic (exact) mass is 381 g/mol. The van der Waals surface area contributed by atoms with Crippen molar-refractivity contribution in [1.29, 1.82) is 0 Å². The molecule has 5 rings (SSSR count). The summed E-state index contributed by atoms with van der Waals surface area (Å²) >= 11 is 0. The van der Waals surface area contributed by atoms with Crippen LogP contribution in [0.25, 0.3) is 16.7 Å². The highest BCUT2D eigenvalue weighted by Gasteiger charge is 2.44. The van der Waals surface area contributed by atoms with Gasteiger partial charge in [-0.25, -0.2) is 18.7 Å². The summed E-state index contributed by atoms with van der Waals surface area (Å²) in [5, 5.41) is 4.40. The summed E-state index contributed by atoms with van der Waals surface area (Å²) in [6, 6.07) is 10.1. The molecule has 1 saturated carbocycles. The molecule has 0 saturated heterocycles. The molecule has 5 nitrogen and oxygen atoms in total. The van der Waals surface area contributed by atoms with Crippen LogP contribution in [0, 0.1) is 5.92 Å². The molecule has 0 spiro atoms. The molecule has 0 amide bonds. The molecule has 4 aromatic rings. The zero-order valence-electron chi connectivity index (χ0n) is 15.4. The number of aromatic nitrogens is 4. The number of hydrogen-bond donors (Lipinski definition) is 1. The van der Waals surface area contributed by atoms with Crippen LogP contribution in [0.2, 0.25) is 0 Å². The van der Waals surface area contributed by atoms with Crippen LogP contribution < -0.4 is 5.32 Å². The predicted octanol–water partition coefficient (Wildman–Crippen LogP) is 3.87. The van der Waals surface area contributed by atoms with E-state index in [1.54, 1.807) is 6.20 Å². The number of fused-ring (bicyclic) bond motifs is 2. The van der Waals surface area contributed by atoms with E-state index >= 15 is 0 Å². The first-order valence-electron chi connectivity index (χ1n) is 9.51. The number of nitrogens with one attached hydrogen (secondary N) is 1. The standard InChI is InChI=1S/C21H21F2N5/c22-21(23)8-16(9-21)11-24-10-15-3-4-19-26-18(14-28(19)12-15)13-27-7-5-17-2-1-6-25-20(17)27/h1-7,12,14,16,24H,8-11,13H2. The molecular weight excluding hydrogens is 360 g/mol. The van der Waals surface area contributed by atoms with Gasteiger partial charge >= 0.3 is 0 Å². The van der Waals surface area contributed by atoms with E-state index in [2.05, 4.69) is 20.9 Å². The molecular formula is C21H21F2N5. The number of halogens is 2. The first-order valence-corrected chi connectivity index (χ1v) is 9.51. The fourth-order valence-electron chi connectivity index (χ4n) is 3.94. The van der Waals surface area contributed by atoms with E-state index in [1.807, 2.05) is 47.3 Å². The summed E-state index contributed by atoms with van der Waals surface area (Å²) in [5.41, 5.74) is 3.91. The van der Waals surface area contributed by atoms with Crippen LogP contribution in [0.4, 0.5) is 8.78 Å². The van der Waals surface area contributed by atoms with Crippen LogP contribution in [0.15, 0.2) is 55.1 Å². The minimum Gasteiger partial charge on any atom is -0.326 e. The number of pyridine rings is 2. The Morgan fingerprint density at radius 2 is 2.04 bits per heavy atom. The minimum absolute atomic E-state index is 0.00679. The maximum atomic E-state index is 12.9. The summed E-state index contributed by atoms with van der Waals surface area (Å²) in [6.07, 6.45) is 7.91. The first kappa shape index (κ1) is 17.3. The summed E-state index contributed by atoms with van der Waals surface area (Å²) in [4.78, 5) is 9.14. The van der Waals surface area contributed by atoms with E-state index in [1.165, 1.54) is 0 Å². The Morgan fingerprint density at radius 3 is 2.89 bits per heavy atom. The van der Waals surface area contributed by atoms with Crippen molar-refractivity contribution in [2.24, 2.45) is 5.92 Å². The lowest BCUT2D eigenvalue weighted by molar-refractivity contribution is -0.109. The van der Waals surface area contributed by atoms with Gasteiger partial charge in [0.15, 0.2) is 0 Å². The minimum atomic E-state index is -2.45. The Bertz CT molecular complexity index is 1120. The lowest BCUT2D eigenvalue weighted by Crippen LogP contribution is -2.40. The highest BCUT2D eigenvalue weighted by molar-refractivity contribution is 5.75. The first-order chi connectivity index (χ1) is 13.6. The highest BCUT2D eigenvalue weighted by atomic mass is 19.3. The van der Waals surface area contributed by atoms with E-state index in [4.69, 9.17) is 4.98 Å². The molecule has 1 aliphatic carbocycles. The van der Waals surface area contributed by atoms with Crippen LogP contribution in [0.3, 0.4) is 0 Å². The van der Waals surface area contributed by atoms with Gasteiger partial charge in [-0.15, -0.1) is 0 Å². The molecule has 0 aromatic carbocycles. The molecule has 7 heteroatoms. The third-order valence-corrected chi connectivity index (χ3v) is 5.35. The molecule has 1 aliphatic rings. The largest absolute Gasteiger partial charge is 0.326 e. The van der Waals surface area contributed by atoms with Gasteiger partial charge in [0.2, 0.25) is 5.92 Å². The average molecular weight is 381 g/mol. The Balaban J connectivity index is 1.26. The van der Waals surface area contributed by atoms with Crippen LogP contribution in [0.5, 0.6) is 0 Å². The van der Waals surface area contributed by atoms with Crippen molar-refractivity contribution >= 4 is 16.7 Å². The average Bonchev–Trinajstić information content (AvgIpc) is 3.24.